The topological polar surface area (TPSA) is 95.6 Å². The van der Waals surface area contributed by atoms with Gasteiger partial charge in [0.2, 0.25) is 0 Å². The average molecular weight is 231 g/mol. The number of hydrazine groups is 1. The van der Waals surface area contributed by atoms with Crippen LogP contribution in [0.2, 0.25) is 0 Å². The van der Waals surface area contributed by atoms with Gasteiger partial charge in [-0.1, -0.05) is 6.07 Å². The van der Waals surface area contributed by atoms with Crippen molar-refractivity contribution in [2.75, 3.05) is 5.43 Å². The van der Waals surface area contributed by atoms with Crippen LogP contribution in [0.4, 0.5) is 5.69 Å². The molecule has 0 bridgehead atoms. The number of aliphatic hydroxyl groups excluding tert-OH is 1. The van der Waals surface area contributed by atoms with Crippen LogP contribution >= 0.6 is 11.6 Å². The number of nitrogens with two attached hydrogens (primary N) is 1. The molecule has 0 saturated carbocycles. The van der Waals surface area contributed by atoms with Gasteiger partial charge in [0, 0.05) is 11.6 Å². The van der Waals surface area contributed by atoms with E-state index < -0.39 is 12.1 Å². The van der Waals surface area contributed by atoms with Crippen LogP contribution in [0.3, 0.4) is 0 Å². The van der Waals surface area contributed by atoms with E-state index in [1.807, 2.05) is 0 Å². The zero-order valence-electron chi connectivity index (χ0n) is 7.77. The van der Waals surface area contributed by atoms with Crippen LogP contribution in [0.25, 0.3) is 0 Å². The molecular weight excluding hydrogens is 220 g/mol. The van der Waals surface area contributed by atoms with E-state index in [2.05, 4.69) is 5.43 Å². The second-order valence-corrected chi connectivity index (χ2v) is 3.25. The van der Waals surface area contributed by atoms with Crippen molar-refractivity contribution in [1.82, 2.24) is 0 Å². The third-order valence-corrected chi connectivity index (χ3v) is 2.19. The van der Waals surface area contributed by atoms with Crippen LogP contribution in [0.15, 0.2) is 18.2 Å². The van der Waals surface area contributed by atoms with E-state index in [0.29, 0.717) is 11.3 Å². The van der Waals surface area contributed by atoms with E-state index in [9.17, 15) is 9.90 Å². The molecule has 1 aromatic rings. The fourth-order valence-corrected chi connectivity index (χ4v) is 1.33. The number of halogens is 1. The lowest BCUT2D eigenvalue weighted by molar-refractivity contribution is -0.146. The Hall–Kier alpha value is -1.30. The lowest BCUT2D eigenvalue weighted by atomic mass is 10.1. The minimum Gasteiger partial charge on any atom is -0.479 e. The number of rotatable bonds is 4. The van der Waals surface area contributed by atoms with Crippen LogP contribution in [0.5, 0.6) is 0 Å². The van der Waals surface area contributed by atoms with Crippen molar-refractivity contribution in [2.45, 2.75) is 12.0 Å². The minimum absolute atomic E-state index is 0.217. The summed E-state index contributed by atoms with van der Waals surface area (Å²) in [7, 11) is 0. The molecule has 1 unspecified atom stereocenters. The molecule has 1 aromatic carbocycles. The fourth-order valence-electron chi connectivity index (χ4n) is 1.18. The van der Waals surface area contributed by atoms with Crippen LogP contribution in [0.1, 0.15) is 17.2 Å². The molecule has 0 aliphatic carbocycles. The van der Waals surface area contributed by atoms with Gasteiger partial charge in [0.05, 0.1) is 0 Å². The molecule has 6 heteroatoms. The molecule has 0 spiro atoms. The van der Waals surface area contributed by atoms with Gasteiger partial charge in [0.25, 0.3) is 0 Å². The maximum absolute atomic E-state index is 10.6. The molecule has 0 aliphatic heterocycles. The van der Waals surface area contributed by atoms with Gasteiger partial charge < -0.3 is 15.6 Å². The Kier molecular flexibility index (Phi) is 3.90. The summed E-state index contributed by atoms with van der Waals surface area (Å²) in [6.45, 7) is 0. The van der Waals surface area contributed by atoms with E-state index in [-0.39, 0.29) is 11.4 Å². The minimum atomic E-state index is -1.57. The molecule has 82 valence electrons. The van der Waals surface area contributed by atoms with E-state index >= 15 is 0 Å². The molecule has 5 nitrogen and oxygen atoms in total. The predicted molar refractivity (Wildman–Crippen MR) is 56.4 cm³/mol. The number of carboxylic acids is 1. The molecule has 0 aromatic heterocycles. The molecule has 15 heavy (non-hydrogen) atoms. The standard InChI is InChI=1S/C9H11ClN2O3/c10-4-5-1-6(8(13)9(14)15)3-7(2-5)12-11/h1-3,8,12-13H,4,11H2,(H,14,15). The summed E-state index contributed by atoms with van der Waals surface area (Å²) in [5.74, 6) is 4.10. The van der Waals surface area contributed by atoms with Crippen LogP contribution in [0, 0.1) is 0 Å². The van der Waals surface area contributed by atoms with Gasteiger partial charge in [-0.15, -0.1) is 11.6 Å². The molecule has 0 saturated heterocycles. The van der Waals surface area contributed by atoms with E-state index in [1.54, 1.807) is 6.07 Å². The maximum atomic E-state index is 10.6. The highest BCUT2D eigenvalue weighted by Crippen LogP contribution is 2.21. The maximum Gasteiger partial charge on any atom is 0.337 e. The summed E-state index contributed by atoms with van der Waals surface area (Å²) in [4.78, 5) is 10.6. The van der Waals surface area contributed by atoms with Gasteiger partial charge in [0.15, 0.2) is 6.10 Å². The normalized spacial score (nSPS) is 12.2. The zero-order chi connectivity index (χ0) is 11.4. The average Bonchev–Trinajstić information content (AvgIpc) is 2.27. The quantitative estimate of drug-likeness (QED) is 0.349. The van der Waals surface area contributed by atoms with Crippen molar-refractivity contribution >= 4 is 23.3 Å². The molecule has 0 fully saturated rings. The van der Waals surface area contributed by atoms with E-state index in [0.717, 1.165) is 0 Å². The first-order chi connectivity index (χ1) is 7.08. The molecule has 5 N–H and O–H groups in total. The molecule has 1 atom stereocenters. The Balaban J connectivity index is 3.11. The Bertz CT molecular complexity index is 348. The van der Waals surface area contributed by atoms with Gasteiger partial charge in [0.1, 0.15) is 0 Å². The van der Waals surface area contributed by atoms with Crippen molar-refractivity contribution in [3.05, 3.63) is 29.3 Å². The number of nitrogens with one attached hydrogen (secondary N) is 1. The highest BCUT2D eigenvalue weighted by atomic mass is 35.5. The molecule has 0 heterocycles. The largest absolute Gasteiger partial charge is 0.479 e. The number of alkyl halides is 1. The first-order valence-corrected chi connectivity index (χ1v) is 4.69. The Morgan fingerprint density at radius 3 is 2.67 bits per heavy atom. The number of aliphatic hydroxyl groups is 1. The second kappa shape index (κ2) is 4.97. The monoisotopic (exact) mass is 230 g/mol. The SMILES string of the molecule is NNc1cc(CCl)cc(C(O)C(=O)O)c1. The first-order valence-electron chi connectivity index (χ1n) is 4.15. The van der Waals surface area contributed by atoms with E-state index in [4.69, 9.17) is 22.6 Å². The number of hydrogen-bond donors (Lipinski definition) is 4. The van der Waals surface area contributed by atoms with Gasteiger partial charge in [-0.25, -0.2) is 4.79 Å². The zero-order valence-corrected chi connectivity index (χ0v) is 8.53. The summed E-state index contributed by atoms with van der Waals surface area (Å²) >= 11 is 5.61. The number of aliphatic carboxylic acids is 1. The van der Waals surface area contributed by atoms with Crippen molar-refractivity contribution < 1.29 is 15.0 Å². The van der Waals surface area contributed by atoms with Crippen molar-refractivity contribution in [3.63, 3.8) is 0 Å². The number of anilines is 1. The number of carbonyl (C=O) groups is 1. The second-order valence-electron chi connectivity index (χ2n) is 2.98. The molecule has 0 radical (unpaired) electrons. The number of nitrogen functional groups attached to an aromatic ring is 1. The highest BCUT2D eigenvalue weighted by molar-refractivity contribution is 6.17. The van der Waals surface area contributed by atoms with Gasteiger partial charge in [-0.05, 0) is 23.3 Å². The first kappa shape index (κ1) is 11.8. The number of benzene rings is 1. The van der Waals surface area contributed by atoms with Gasteiger partial charge in [-0.3, -0.25) is 5.84 Å². The molecule has 0 amide bonds. The van der Waals surface area contributed by atoms with Crippen LogP contribution < -0.4 is 11.3 Å². The van der Waals surface area contributed by atoms with Gasteiger partial charge in [-0.2, -0.15) is 0 Å². The summed E-state index contributed by atoms with van der Waals surface area (Å²) in [5, 5.41) is 18.0. The lowest BCUT2D eigenvalue weighted by Crippen LogP contribution is -2.13. The van der Waals surface area contributed by atoms with Crippen LogP contribution in [-0.2, 0) is 10.7 Å². The third-order valence-electron chi connectivity index (χ3n) is 1.89. The summed E-state index contributed by atoms with van der Waals surface area (Å²) in [6.07, 6.45) is -1.57. The lowest BCUT2D eigenvalue weighted by Gasteiger charge is -2.10. The fraction of sp³-hybridized carbons (Fsp3) is 0.222. The molecule has 1 rings (SSSR count). The Morgan fingerprint density at radius 2 is 2.20 bits per heavy atom. The van der Waals surface area contributed by atoms with E-state index in [1.165, 1.54) is 12.1 Å². The Labute approximate surface area is 91.4 Å². The van der Waals surface area contributed by atoms with Crippen LogP contribution in [-0.4, -0.2) is 16.2 Å². The van der Waals surface area contributed by atoms with Gasteiger partial charge >= 0.3 is 5.97 Å². The smallest absolute Gasteiger partial charge is 0.337 e. The number of hydrogen-bond acceptors (Lipinski definition) is 4. The highest BCUT2D eigenvalue weighted by Gasteiger charge is 2.16. The predicted octanol–water partition coefficient (Wildman–Crippen LogP) is 0.829. The van der Waals surface area contributed by atoms with Crippen molar-refractivity contribution in [3.8, 4) is 0 Å². The van der Waals surface area contributed by atoms with Crippen molar-refractivity contribution in [1.29, 1.82) is 0 Å². The molecular formula is C9H11ClN2O3. The number of carboxylic acid groups (broad SMARTS) is 1. The summed E-state index contributed by atoms with van der Waals surface area (Å²) in [6, 6.07) is 4.65. The Morgan fingerprint density at radius 1 is 1.53 bits per heavy atom. The van der Waals surface area contributed by atoms with Crippen molar-refractivity contribution in [2.24, 2.45) is 5.84 Å². The summed E-state index contributed by atoms with van der Waals surface area (Å²) < 4.78 is 0. The third kappa shape index (κ3) is 2.82. The molecule has 0 aliphatic rings. The summed E-state index contributed by atoms with van der Waals surface area (Å²) in [5.41, 5.74) is 3.80.